The van der Waals surface area contributed by atoms with Gasteiger partial charge in [0.15, 0.2) is 0 Å². The molecule has 1 aromatic carbocycles. The van der Waals surface area contributed by atoms with Crippen molar-refractivity contribution < 1.29 is 9.84 Å². The first-order valence-electron chi connectivity index (χ1n) is 4.14. The first kappa shape index (κ1) is 8.56. The van der Waals surface area contributed by atoms with Gasteiger partial charge in [0.05, 0.1) is 6.20 Å². The molecule has 2 rings (SSSR count). The monoisotopic (exact) mass is 186 g/mol. The van der Waals surface area contributed by atoms with Crippen molar-refractivity contribution in [3.63, 3.8) is 0 Å². The lowest BCUT2D eigenvalue weighted by Crippen LogP contribution is -1.85. The summed E-state index contributed by atoms with van der Waals surface area (Å²) in [5.41, 5.74) is 0. The van der Waals surface area contributed by atoms with Gasteiger partial charge < -0.3 is 9.84 Å². The summed E-state index contributed by atoms with van der Waals surface area (Å²) < 4.78 is 5.38. The molecule has 0 saturated heterocycles. The number of aromatic hydroxyl groups is 1. The molecule has 0 amide bonds. The summed E-state index contributed by atoms with van der Waals surface area (Å²) in [4.78, 5) is 3.89. The predicted molar refractivity (Wildman–Crippen MR) is 51.3 cm³/mol. The molecule has 0 bridgehead atoms. The maximum absolute atomic E-state index is 9.05. The molecule has 0 spiro atoms. The number of nitrogens with zero attached hydrogens (tertiary/aromatic N) is 1. The van der Waals surface area contributed by atoms with Crippen LogP contribution >= 0.6 is 0 Å². The lowest BCUT2D eigenvalue weighted by atomic mass is 10.3. The quantitative estimate of drug-likeness (QED) is 0.782. The van der Waals surface area contributed by atoms with Gasteiger partial charge in [-0.15, -0.1) is 0 Å². The van der Waals surface area contributed by atoms with Crippen LogP contribution in [-0.2, 0) is 0 Å². The van der Waals surface area contributed by atoms with Crippen LogP contribution in [-0.4, -0.2) is 10.1 Å². The molecule has 14 heavy (non-hydrogen) atoms. The molecule has 0 fully saturated rings. The fraction of sp³-hybridized carbons (Fsp3) is 0. The highest BCUT2D eigenvalue weighted by atomic mass is 16.5. The van der Waals surface area contributed by atoms with Gasteiger partial charge in [-0.05, 0) is 30.3 Å². The van der Waals surface area contributed by atoms with Crippen molar-refractivity contribution in [2.45, 2.75) is 0 Å². The van der Waals surface area contributed by atoms with E-state index in [1.54, 1.807) is 42.5 Å². The van der Waals surface area contributed by atoms with Crippen LogP contribution in [0.25, 0.3) is 0 Å². The highest BCUT2D eigenvalue weighted by molar-refractivity contribution is 5.32. The number of hydrogen-bond acceptors (Lipinski definition) is 3. The lowest BCUT2D eigenvalue weighted by molar-refractivity contribution is 0.454. The van der Waals surface area contributed by atoms with E-state index in [9.17, 15) is 0 Å². The molecule has 2 aromatic rings. The van der Waals surface area contributed by atoms with Crippen molar-refractivity contribution in [1.29, 1.82) is 0 Å². The van der Waals surface area contributed by atoms with Crippen LogP contribution in [0.5, 0.6) is 17.4 Å². The first-order chi connectivity index (χ1) is 6.84. The summed E-state index contributed by atoms with van der Waals surface area (Å²) in [5.74, 6) is 1.33. The van der Waals surface area contributed by atoms with Crippen molar-refractivity contribution in [1.82, 2.24) is 4.98 Å². The van der Waals surface area contributed by atoms with E-state index in [2.05, 4.69) is 11.2 Å². The summed E-state index contributed by atoms with van der Waals surface area (Å²) in [6.07, 6.45) is 2.67. The van der Waals surface area contributed by atoms with Crippen molar-refractivity contribution in [2.24, 2.45) is 0 Å². The predicted octanol–water partition coefficient (Wildman–Crippen LogP) is 2.38. The molecule has 0 aliphatic carbocycles. The zero-order chi connectivity index (χ0) is 9.80. The van der Waals surface area contributed by atoms with Crippen molar-refractivity contribution in [2.75, 3.05) is 0 Å². The highest BCUT2D eigenvalue weighted by Gasteiger charge is 1.96. The first-order valence-corrected chi connectivity index (χ1v) is 4.14. The Morgan fingerprint density at radius 3 is 2.57 bits per heavy atom. The number of hydrogen-bond donors (Lipinski definition) is 1. The van der Waals surface area contributed by atoms with Gasteiger partial charge in [-0.1, -0.05) is 6.07 Å². The Kier molecular flexibility index (Phi) is 2.32. The number of aromatic nitrogens is 1. The minimum atomic E-state index is 0.213. The van der Waals surface area contributed by atoms with Crippen molar-refractivity contribution >= 4 is 0 Å². The van der Waals surface area contributed by atoms with E-state index in [1.807, 2.05) is 0 Å². The number of benzene rings is 1. The third-order valence-corrected chi connectivity index (χ3v) is 1.64. The standard InChI is InChI=1S/C11H8NO2/c13-9-4-6-10(7-5-9)14-11-3-1-2-8-12-11/h1-7,13H. The van der Waals surface area contributed by atoms with Crippen molar-refractivity contribution in [3.8, 4) is 17.4 Å². The molecular weight excluding hydrogens is 178 g/mol. The summed E-state index contributed by atoms with van der Waals surface area (Å²) in [6, 6.07) is 11.7. The minimum Gasteiger partial charge on any atom is -0.508 e. The van der Waals surface area contributed by atoms with Gasteiger partial charge in [0, 0.05) is 6.07 Å². The second kappa shape index (κ2) is 3.79. The van der Waals surface area contributed by atoms with E-state index < -0.39 is 0 Å². The molecule has 0 saturated carbocycles. The van der Waals surface area contributed by atoms with Crippen LogP contribution in [0, 0.1) is 6.20 Å². The molecule has 1 N–H and O–H groups in total. The smallest absolute Gasteiger partial charge is 0.219 e. The Bertz CT molecular complexity index is 397. The van der Waals surface area contributed by atoms with E-state index in [-0.39, 0.29) is 5.75 Å². The second-order valence-electron chi connectivity index (χ2n) is 2.70. The van der Waals surface area contributed by atoms with Crippen LogP contribution in [0.1, 0.15) is 0 Å². The number of pyridine rings is 1. The lowest BCUT2D eigenvalue weighted by Gasteiger charge is -2.03. The zero-order valence-corrected chi connectivity index (χ0v) is 7.34. The normalized spacial score (nSPS) is 9.71. The Labute approximate surface area is 81.6 Å². The number of rotatable bonds is 2. The maximum Gasteiger partial charge on any atom is 0.219 e. The fourth-order valence-electron chi connectivity index (χ4n) is 1.00. The summed E-state index contributed by atoms with van der Waals surface area (Å²) in [7, 11) is 0. The molecule has 0 aliphatic rings. The third kappa shape index (κ3) is 2.01. The van der Waals surface area contributed by atoms with E-state index in [1.165, 1.54) is 0 Å². The van der Waals surface area contributed by atoms with Gasteiger partial charge in [-0.3, -0.25) is 0 Å². The van der Waals surface area contributed by atoms with E-state index in [4.69, 9.17) is 9.84 Å². The van der Waals surface area contributed by atoms with E-state index >= 15 is 0 Å². The summed E-state index contributed by atoms with van der Waals surface area (Å²) in [5, 5.41) is 9.05. The summed E-state index contributed by atoms with van der Waals surface area (Å²) >= 11 is 0. The molecule has 0 unspecified atom stereocenters. The molecule has 0 aliphatic heterocycles. The molecule has 3 nitrogen and oxygen atoms in total. The Balaban J connectivity index is 2.16. The number of ether oxygens (including phenoxy) is 1. The largest absolute Gasteiger partial charge is 0.508 e. The SMILES string of the molecule is Oc1ccc(Oc2ccc[c]n2)cc1. The van der Waals surface area contributed by atoms with Crippen LogP contribution in [0.15, 0.2) is 42.5 Å². The van der Waals surface area contributed by atoms with Crippen LogP contribution < -0.4 is 4.74 Å². The maximum atomic E-state index is 9.05. The summed E-state index contributed by atoms with van der Waals surface area (Å²) in [6.45, 7) is 0. The Morgan fingerprint density at radius 2 is 1.93 bits per heavy atom. The van der Waals surface area contributed by atoms with E-state index in [0.717, 1.165) is 0 Å². The van der Waals surface area contributed by atoms with Crippen molar-refractivity contribution in [3.05, 3.63) is 48.7 Å². The number of phenolic OH excluding ortho intramolecular Hbond substituents is 1. The Hall–Kier alpha value is -2.03. The molecule has 1 aromatic heterocycles. The molecule has 3 heteroatoms. The highest BCUT2D eigenvalue weighted by Crippen LogP contribution is 2.20. The average Bonchev–Trinajstić information content (AvgIpc) is 2.23. The van der Waals surface area contributed by atoms with Gasteiger partial charge in [0.25, 0.3) is 0 Å². The van der Waals surface area contributed by atoms with Gasteiger partial charge in [-0.2, -0.15) is 0 Å². The van der Waals surface area contributed by atoms with Crippen LogP contribution in [0.4, 0.5) is 0 Å². The van der Waals surface area contributed by atoms with Gasteiger partial charge >= 0.3 is 0 Å². The number of phenols is 1. The molecule has 0 atom stereocenters. The molecule has 69 valence electrons. The molecule has 1 heterocycles. The van der Waals surface area contributed by atoms with Gasteiger partial charge in [0.1, 0.15) is 11.5 Å². The zero-order valence-electron chi connectivity index (χ0n) is 7.34. The second-order valence-corrected chi connectivity index (χ2v) is 2.70. The van der Waals surface area contributed by atoms with Gasteiger partial charge in [0.2, 0.25) is 5.88 Å². The Morgan fingerprint density at radius 1 is 1.14 bits per heavy atom. The van der Waals surface area contributed by atoms with Crippen LogP contribution in [0.2, 0.25) is 0 Å². The third-order valence-electron chi connectivity index (χ3n) is 1.64. The molecule has 1 radical (unpaired) electrons. The average molecular weight is 186 g/mol. The van der Waals surface area contributed by atoms with Gasteiger partial charge in [-0.25, -0.2) is 4.98 Å². The van der Waals surface area contributed by atoms with E-state index in [0.29, 0.717) is 11.6 Å². The topological polar surface area (TPSA) is 42.4 Å². The van der Waals surface area contributed by atoms with Crippen LogP contribution in [0.3, 0.4) is 0 Å². The minimum absolute atomic E-state index is 0.213. The fourth-order valence-corrected chi connectivity index (χ4v) is 1.00. The molecular formula is C11H8NO2.